The highest BCUT2D eigenvalue weighted by Crippen LogP contribution is 2.34. The van der Waals surface area contributed by atoms with Crippen LogP contribution in [0.15, 0.2) is 16.6 Å². The van der Waals surface area contributed by atoms with E-state index in [9.17, 15) is 4.79 Å². The normalized spacial score (nSPS) is 17.4. The van der Waals surface area contributed by atoms with E-state index in [0.717, 1.165) is 29.7 Å². The van der Waals surface area contributed by atoms with Crippen molar-refractivity contribution in [1.82, 2.24) is 15.5 Å². The molecule has 0 radical (unpaired) electrons. The van der Waals surface area contributed by atoms with Crippen molar-refractivity contribution >= 4 is 21.8 Å². The number of hydrogen-bond acceptors (Lipinski definition) is 5. The van der Waals surface area contributed by atoms with E-state index in [1.807, 2.05) is 39.8 Å². The molecule has 1 unspecified atom stereocenters. The molecule has 1 heterocycles. The number of hydrogen-bond donors (Lipinski definition) is 2. The van der Waals surface area contributed by atoms with Gasteiger partial charge < -0.3 is 20.1 Å². The smallest absolute Gasteiger partial charge is 0.258 e. The van der Waals surface area contributed by atoms with Gasteiger partial charge in [-0.3, -0.25) is 9.69 Å². The Morgan fingerprint density at radius 3 is 2.62 bits per heavy atom. The zero-order chi connectivity index (χ0) is 21.4. The van der Waals surface area contributed by atoms with Gasteiger partial charge in [0, 0.05) is 29.1 Å². The molecule has 0 aliphatic carbocycles. The number of benzene rings is 1. The molecule has 1 aromatic carbocycles. The molecule has 0 saturated carbocycles. The van der Waals surface area contributed by atoms with Crippen LogP contribution in [0.3, 0.4) is 0 Å². The number of ether oxygens (including phenoxy) is 2. The van der Waals surface area contributed by atoms with Gasteiger partial charge in [-0.25, -0.2) is 0 Å². The van der Waals surface area contributed by atoms with Crippen molar-refractivity contribution in [2.45, 2.75) is 65.6 Å². The van der Waals surface area contributed by atoms with E-state index in [1.54, 1.807) is 0 Å². The van der Waals surface area contributed by atoms with Gasteiger partial charge in [0.2, 0.25) is 0 Å². The van der Waals surface area contributed by atoms with Gasteiger partial charge in [0.1, 0.15) is 0 Å². The lowest BCUT2D eigenvalue weighted by Crippen LogP contribution is -2.43. The molecule has 1 amide bonds. The highest BCUT2D eigenvalue weighted by molar-refractivity contribution is 9.10. The Kier molecular flexibility index (Phi) is 9.24. The third kappa shape index (κ3) is 7.79. The van der Waals surface area contributed by atoms with E-state index in [2.05, 4.69) is 38.4 Å². The zero-order valence-electron chi connectivity index (χ0n) is 18.4. The number of carbonyl (C=O) groups is 1. The van der Waals surface area contributed by atoms with Crippen LogP contribution in [0, 0.1) is 0 Å². The molecule has 2 rings (SSSR count). The predicted octanol–water partition coefficient (Wildman–Crippen LogP) is 3.72. The van der Waals surface area contributed by atoms with Crippen LogP contribution < -0.4 is 20.1 Å². The minimum atomic E-state index is -0.286. The molecule has 1 aliphatic heterocycles. The highest BCUT2D eigenvalue weighted by atomic mass is 79.9. The van der Waals surface area contributed by atoms with Crippen LogP contribution in [0.4, 0.5) is 0 Å². The first-order chi connectivity index (χ1) is 13.7. The Hall–Kier alpha value is -1.31. The van der Waals surface area contributed by atoms with Gasteiger partial charge in [0.25, 0.3) is 5.91 Å². The maximum Gasteiger partial charge on any atom is 0.258 e. The summed E-state index contributed by atoms with van der Waals surface area (Å²) in [5, 5.41) is 6.48. The van der Waals surface area contributed by atoms with E-state index in [4.69, 9.17) is 9.47 Å². The molecule has 6 nitrogen and oxygen atoms in total. The van der Waals surface area contributed by atoms with Gasteiger partial charge in [0.15, 0.2) is 18.1 Å². The van der Waals surface area contributed by atoms with Gasteiger partial charge in [-0.1, -0.05) is 22.9 Å². The fraction of sp³-hybridized carbons (Fsp3) is 0.682. The number of carbonyl (C=O) groups excluding carboxylic acids is 1. The van der Waals surface area contributed by atoms with Crippen molar-refractivity contribution in [2.75, 3.05) is 32.8 Å². The summed E-state index contributed by atoms with van der Waals surface area (Å²) in [5.74, 6) is 1.07. The summed E-state index contributed by atoms with van der Waals surface area (Å²) < 4.78 is 12.5. The monoisotopic (exact) mass is 469 g/mol. The second-order valence-corrected chi connectivity index (χ2v) is 9.32. The van der Waals surface area contributed by atoms with Gasteiger partial charge >= 0.3 is 0 Å². The summed E-state index contributed by atoms with van der Waals surface area (Å²) in [6.45, 7) is 14.5. The Labute approximate surface area is 183 Å². The van der Waals surface area contributed by atoms with E-state index < -0.39 is 0 Å². The van der Waals surface area contributed by atoms with Crippen molar-refractivity contribution in [3.63, 3.8) is 0 Å². The number of likely N-dealkylation sites (N-methyl/N-ethyl adjacent to an activating group) is 1. The SMILES string of the molecule is CCOc1cc(CNCC2CCCN2CC)c(Br)cc1OCC(=O)NC(C)(C)C. The Bertz CT molecular complexity index is 676. The summed E-state index contributed by atoms with van der Waals surface area (Å²) in [5.41, 5.74) is 0.826. The minimum absolute atomic E-state index is 0.0457. The lowest BCUT2D eigenvalue weighted by Gasteiger charge is -2.23. The Morgan fingerprint density at radius 2 is 1.97 bits per heavy atom. The van der Waals surface area contributed by atoms with E-state index in [0.29, 0.717) is 24.1 Å². The van der Waals surface area contributed by atoms with Crippen LogP contribution in [-0.4, -0.2) is 55.2 Å². The maximum atomic E-state index is 12.1. The van der Waals surface area contributed by atoms with Crippen LogP contribution >= 0.6 is 15.9 Å². The third-order valence-corrected chi connectivity index (χ3v) is 5.62. The molecule has 1 saturated heterocycles. The number of likely N-dealkylation sites (tertiary alicyclic amines) is 1. The molecular formula is C22H36BrN3O3. The first-order valence-electron chi connectivity index (χ1n) is 10.6. The van der Waals surface area contributed by atoms with Gasteiger partial charge in [-0.15, -0.1) is 0 Å². The van der Waals surface area contributed by atoms with Gasteiger partial charge in [0.05, 0.1) is 6.61 Å². The fourth-order valence-corrected chi connectivity index (χ4v) is 4.07. The fourth-order valence-electron chi connectivity index (χ4n) is 3.61. The average molecular weight is 470 g/mol. The summed E-state index contributed by atoms with van der Waals surface area (Å²) in [7, 11) is 0. The lowest BCUT2D eigenvalue weighted by molar-refractivity contribution is -0.124. The molecule has 0 aromatic heterocycles. The molecule has 1 aliphatic rings. The molecule has 1 atom stereocenters. The van der Waals surface area contributed by atoms with Crippen LogP contribution in [-0.2, 0) is 11.3 Å². The number of rotatable bonds is 10. The van der Waals surface area contributed by atoms with E-state index in [-0.39, 0.29) is 18.1 Å². The van der Waals surface area contributed by atoms with Crippen LogP contribution in [0.25, 0.3) is 0 Å². The van der Waals surface area contributed by atoms with Crippen molar-refractivity contribution in [3.8, 4) is 11.5 Å². The minimum Gasteiger partial charge on any atom is -0.490 e. The van der Waals surface area contributed by atoms with Crippen LogP contribution in [0.2, 0.25) is 0 Å². The zero-order valence-corrected chi connectivity index (χ0v) is 20.0. The summed E-state index contributed by atoms with van der Waals surface area (Å²) in [6, 6.07) is 4.50. The topological polar surface area (TPSA) is 62.8 Å². The molecule has 0 spiro atoms. The van der Waals surface area contributed by atoms with Gasteiger partial charge in [-0.2, -0.15) is 0 Å². The first kappa shape index (κ1) is 24.0. The molecule has 0 bridgehead atoms. The standard InChI is InChI=1S/C22H36BrN3O3/c1-6-26-10-8-9-17(26)14-24-13-16-11-19(28-7-2)20(12-18(16)23)29-15-21(27)25-22(3,4)5/h11-12,17,24H,6-10,13-15H2,1-5H3,(H,25,27). The van der Waals surface area contributed by atoms with E-state index in [1.165, 1.54) is 19.4 Å². The number of nitrogens with one attached hydrogen (secondary N) is 2. The molecular weight excluding hydrogens is 434 g/mol. The van der Waals surface area contributed by atoms with Crippen molar-refractivity contribution in [1.29, 1.82) is 0 Å². The Morgan fingerprint density at radius 1 is 1.24 bits per heavy atom. The summed E-state index contributed by atoms with van der Waals surface area (Å²) >= 11 is 3.64. The largest absolute Gasteiger partial charge is 0.490 e. The van der Waals surface area contributed by atoms with Crippen molar-refractivity contribution in [2.24, 2.45) is 0 Å². The highest BCUT2D eigenvalue weighted by Gasteiger charge is 2.22. The maximum absolute atomic E-state index is 12.1. The Balaban J connectivity index is 1.98. The number of nitrogens with zero attached hydrogens (tertiary/aromatic N) is 1. The average Bonchev–Trinajstić information content (AvgIpc) is 3.09. The summed E-state index contributed by atoms with van der Waals surface area (Å²) in [4.78, 5) is 14.6. The first-order valence-corrected chi connectivity index (χ1v) is 11.4. The van der Waals surface area contributed by atoms with Crippen LogP contribution in [0.5, 0.6) is 11.5 Å². The molecule has 164 valence electrons. The third-order valence-electron chi connectivity index (χ3n) is 4.89. The molecule has 1 aromatic rings. The van der Waals surface area contributed by atoms with Gasteiger partial charge in [-0.05, 0) is 71.3 Å². The molecule has 29 heavy (non-hydrogen) atoms. The predicted molar refractivity (Wildman–Crippen MR) is 121 cm³/mol. The molecule has 1 fully saturated rings. The second-order valence-electron chi connectivity index (χ2n) is 8.47. The second kappa shape index (κ2) is 11.2. The quantitative estimate of drug-likeness (QED) is 0.546. The summed E-state index contributed by atoms with van der Waals surface area (Å²) in [6.07, 6.45) is 2.54. The van der Waals surface area contributed by atoms with Crippen molar-refractivity contribution in [3.05, 3.63) is 22.2 Å². The molecule has 7 heteroatoms. The van der Waals surface area contributed by atoms with Crippen LogP contribution in [0.1, 0.15) is 53.0 Å². The van der Waals surface area contributed by atoms with E-state index >= 15 is 0 Å². The number of amides is 1. The lowest BCUT2D eigenvalue weighted by atomic mass is 10.1. The van der Waals surface area contributed by atoms with Crippen molar-refractivity contribution < 1.29 is 14.3 Å². The molecule has 2 N–H and O–H groups in total. The number of halogens is 1.